The van der Waals surface area contributed by atoms with Crippen LogP contribution < -0.4 is 10.1 Å². The Balaban J connectivity index is 0.00000161. The highest BCUT2D eigenvalue weighted by atomic mass is 35.5. The van der Waals surface area contributed by atoms with Gasteiger partial charge in [-0.15, -0.1) is 12.4 Å². The normalized spacial score (nSPS) is 15.2. The van der Waals surface area contributed by atoms with Crippen LogP contribution in [-0.2, 0) is 6.42 Å². The number of benzene rings is 2. The van der Waals surface area contributed by atoms with E-state index >= 15 is 0 Å². The fourth-order valence-electron chi connectivity index (χ4n) is 2.74. The lowest BCUT2D eigenvalue weighted by Crippen LogP contribution is -2.28. The van der Waals surface area contributed by atoms with E-state index in [1.807, 2.05) is 30.3 Å². The van der Waals surface area contributed by atoms with Gasteiger partial charge < -0.3 is 10.1 Å². The van der Waals surface area contributed by atoms with Crippen molar-refractivity contribution in [2.24, 2.45) is 5.92 Å². The van der Waals surface area contributed by atoms with E-state index in [1.165, 1.54) is 37.9 Å². The molecule has 0 unspecified atom stereocenters. The van der Waals surface area contributed by atoms with Gasteiger partial charge in [-0.3, -0.25) is 0 Å². The maximum absolute atomic E-state index is 5.81. The van der Waals surface area contributed by atoms with Crippen LogP contribution >= 0.6 is 12.4 Å². The molecule has 0 radical (unpaired) electrons. The van der Waals surface area contributed by atoms with Crippen LogP contribution in [0.2, 0.25) is 0 Å². The molecule has 2 aromatic rings. The van der Waals surface area contributed by atoms with Crippen molar-refractivity contribution < 1.29 is 4.74 Å². The van der Waals surface area contributed by atoms with Crippen LogP contribution in [0.25, 0.3) is 0 Å². The minimum Gasteiger partial charge on any atom is -0.457 e. The van der Waals surface area contributed by atoms with Crippen molar-refractivity contribution in [2.45, 2.75) is 19.3 Å². The highest BCUT2D eigenvalue weighted by Gasteiger charge is 2.13. The van der Waals surface area contributed by atoms with Crippen molar-refractivity contribution >= 4 is 12.4 Å². The molecule has 112 valence electrons. The number of hydrogen-bond donors (Lipinski definition) is 1. The predicted octanol–water partition coefficient (Wildman–Crippen LogP) is 4.44. The lowest BCUT2D eigenvalue weighted by molar-refractivity contribution is 0.372. The van der Waals surface area contributed by atoms with Crippen LogP contribution in [0.1, 0.15) is 18.4 Å². The van der Waals surface area contributed by atoms with Crippen LogP contribution in [0.4, 0.5) is 0 Å². The van der Waals surface area contributed by atoms with Gasteiger partial charge in [0.1, 0.15) is 11.5 Å². The molecule has 0 amide bonds. The summed E-state index contributed by atoms with van der Waals surface area (Å²) in [4.78, 5) is 0. The fraction of sp³-hybridized carbons (Fsp3) is 0.333. The molecule has 0 aliphatic carbocycles. The minimum atomic E-state index is 0. The van der Waals surface area contributed by atoms with E-state index in [0.717, 1.165) is 17.4 Å². The first-order valence-electron chi connectivity index (χ1n) is 7.43. The Labute approximate surface area is 132 Å². The summed E-state index contributed by atoms with van der Waals surface area (Å²) >= 11 is 0. The predicted molar refractivity (Wildman–Crippen MR) is 89.5 cm³/mol. The minimum absolute atomic E-state index is 0. The van der Waals surface area contributed by atoms with E-state index in [-0.39, 0.29) is 12.4 Å². The third-order valence-corrected chi connectivity index (χ3v) is 3.89. The van der Waals surface area contributed by atoms with Crippen LogP contribution in [0.5, 0.6) is 11.5 Å². The number of piperidine rings is 1. The average molecular weight is 304 g/mol. The van der Waals surface area contributed by atoms with Gasteiger partial charge in [-0.2, -0.15) is 0 Å². The third-order valence-electron chi connectivity index (χ3n) is 3.89. The molecule has 1 N–H and O–H groups in total. The van der Waals surface area contributed by atoms with Gasteiger partial charge in [-0.1, -0.05) is 30.3 Å². The zero-order chi connectivity index (χ0) is 13.6. The summed E-state index contributed by atoms with van der Waals surface area (Å²) in [5.74, 6) is 2.63. The van der Waals surface area contributed by atoms with Crippen LogP contribution in [0.3, 0.4) is 0 Å². The molecule has 3 heteroatoms. The monoisotopic (exact) mass is 303 g/mol. The van der Waals surface area contributed by atoms with E-state index in [2.05, 4.69) is 29.6 Å². The molecule has 0 spiro atoms. The van der Waals surface area contributed by atoms with Gasteiger partial charge in [-0.05, 0) is 68.1 Å². The summed E-state index contributed by atoms with van der Waals surface area (Å²) < 4.78 is 5.81. The molecule has 1 aliphatic rings. The first kappa shape index (κ1) is 15.9. The first-order valence-corrected chi connectivity index (χ1v) is 7.43. The highest BCUT2D eigenvalue weighted by molar-refractivity contribution is 5.85. The number of halogens is 1. The van der Waals surface area contributed by atoms with E-state index < -0.39 is 0 Å². The van der Waals surface area contributed by atoms with Crippen molar-refractivity contribution in [1.82, 2.24) is 5.32 Å². The molecule has 0 atom stereocenters. The maximum atomic E-state index is 5.81. The molecule has 21 heavy (non-hydrogen) atoms. The molecule has 0 aromatic heterocycles. The van der Waals surface area contributed by atoms with E-state index in [1.54, 1.807) is 0 Å². The van der Waals surface area contributed by atoms with Crippen molar-refractivity contribution in [3.8, 4) is 11.5 Å². The Kier molecular flexibility index (Phi) is 6.09. The second-order valence-electron chi connectivity index (χ2n) is 5.46. The molecule has 1 saturated heterocycles. The lowest BCUT2D eigenvalue weighted by Gasteiger charge is -2.22. The molecular weight excluding hydrogens is 282 g/mol. The summed E-state index contributed by atoms with van der Waals surface area (Å²) in [7, 11) is 0. The van der Waals surface area contributed by atoms with Gasteiger partial charge >= 0.3 is 0 Å². The van der Waals surface area contributed by atoms with Gasteiger partial charge in [0.2, 0.25) is 0 Å². The first-order chi connectivity index (χ1) is 9.90. The number of rotatable bonds is 4. The van der Waals surface area contributed by atoms with Crippen LogP contribution in [0.15, 0.2) is 54.6 Å². The second-order valence-corrected chi connectivity index (χ2v) is 5.46. The summed E-state index contributed by atoms with van der Waals surface area (Å²) in [5.41, 5.74) is 1.41. The lowest BCUT2D eigenvalue weighted by atomic mass is 9.91. The van der Waals surface area contributed by atoms with Gasteiger partial charge in [-0.25, -0.2) is 0 Å². The topological polar surface area (TPSA) is 21.3 Å². The Morgan fingerprint density at radius 1 is 0.857 bits per heavy atom. The van der Waals surface area contributed by atoms with E-state index in [0.29, 0.717) is 0 Å². The van der Waals surface area contributed by atoms with Crippen LogP contribution in [-0.4, -0.2) is 13.1 Å². The molecule has 3 rings (SSSR count). The van der Waals surface area contributed by atoms with Gasteiger partial charge in [0.15, 0.2) is 0 Å². The Bertz CT molecular complexity index is 521. The summed E-state index contributed by atoms with van der Waals surface area (Å²) in [6, 6.07) is 18.5. The highest BCUT2D eigenvalue weighted by Crippen LogP contribution is 2.23. The number of hydrogen-bond acceptors (Lipinski definition) is 2. The fourth-order valence-corrected chi connectivity index (χ4v) is 2.74. The zero-order valence-corrected chi connectivity index (χ0v) is 12.9. The Morgan fingerprint density at radius 3 is 2.14 bits per heavy atom. The zero-order valence-electron chi connectivity index (χ0n) is 12.1. The van der Waals surface area contributed by atoms with Crippen LogP contribution in [0, 0.1) is 5.92 Å². The number of ether oxygens (including phenoxy) is 1. The molecule has 2 nitrogen and oxygen atoms in total. The Hall–Kier alpha value is -1.51. The average Bonchev–Trinajstić information content (AvgIpc) is 2.51. The molecule has 0 saturated carbocycles. The molecule has 1 heterocycles. The molecule has 0 bridgehead atoms. The van der Waals surface area contributed by atoms with Gasteiger partial charge in [0, 0.05) is 0 Å². The molecule has 2 aromatic carbocycles. The molecule has 1 aliphatic heterocycles. The van der Waals surface area contributed by atoms with Crippen molar-refractivity contribution in [2.75, 3.05) is 13.1 Å². The second kappa shape index (κ2) is 8.06. The summed E-state index contributed by atoms with van der Waals surface area (Å²) in [6.45, 7) is 2.33. The number of para-hydroxylation sites is 1. The smallest absolute Gasteiger partial charge is 0.127 e. The van der Waals surface area contributed by atoms with Gasteiger partial charge in [0.05, 0.1) is 0 Å². The van der Waals surface area contributed by atoms with Gasteiger partial charge in [0.25, 0.3) is 0 Å². The largest absolute Gasteiger partial charge is 0.457 e. The van der Waals surface area contributed by atoms with E-state index in [9.17, 15) is 0 Å². The quantitative estimate of drug-likeness (QED) is 0.901. The third kappa shape index (κ3) is 4.76. The van der Waals surface area contributed by atoms with Crippen molar-refractivity contribution in [3.63, 3.8) is 0 Å². The summed E-state index contributed by atoms with van der Waals surface area (Å²) in [6.07, 6.45) is 3.78. The summed E-state index contributed by atoms with van der Waals surface area (Å²) in [5, 5.41) is 3.42. The SMILES string of the molecule is Cl.c1ccc(Oc2ccc(CC3CCNCC3)cc2)cc1. The maximum Gasteiger partial charge on any atom is 0.127 e. The van der Waals surface area contributed by atoms with Crippen molar-refractivity contribution in [1.29, 1.82) is 0 Å². The molecule has 1 fully saturated rings. The number of nitrogens with one attached hydrogen (secondary N) is 1. The van der Waals surface area contributed by atoms with E-state index in [4.69, 9.17) is 4.74 Å². The Morgan fingerprint density at radius 2 is 1.48 bits per heavy atom. The standard InChI is InChI=1S/C18H21NO.ClH/c1-2-4-17(5-3-1)20-18-8-6-15(7-9-18)14-16-10-12-19-13-11-16;/h1-9,16,19H,10-14H2;1H. The molecular formula is C18H22ClNO. The van der Waals surface area contributed by atoms with Crippen molar-refractivity contribution in [3.05, 3.63) is 60.2 Å².